The molecule has 2 unspecified atom stereocenters. The molecular formula is C26H33N7O4. The summed E-state index contributed by atoms with van der Waals surface area (Å²) in [7, 11) is 1.59. The van der Waals surface area contributed by atoms with Gasteiger partial charge in [0, 0.05) is 44.3 Å². The zero-order valence-electron chi connectivity index (χ0n) is 21.4. The molecule has 1 fully saturated rings. The van der Waals surface area contributed by atoms with Gasteiger partial charge >= 0.3 is 0 Å². The van der Waals surface area contributed by atoms with Crippen LogP contribution < -0.4 is 26.1 Å². The zero-order chi connectivity index (χ0) is 25.9. The number of rotatable bonds is 7. The fourth-order valence-corrected chi connectivity index (χ4v) is 4.97. The van der Waals surface area contributed by atoms with Crippen molar-refractivity contribution in [3.8, 4) is 11.5 Å². The van der Waals surface area contributed by atoms with Crippen LogP contribution in [0, 0.1) is 0 Å². The first-order chi connectivity index (χ1) is 17.9. The quantitative estimate of drug-likeness (QED) is 0.462. The molecule has 11 heteroatoms. The molecule has 1 saturated heterocycles. The van der Waals surface area contributed by atoms with Gasteiger partial charge in [0.2, 0.25) is 5.62 Å². The number of carbonyl (C=O) groups is 1. The van der Waals surface area contributed by atoms with Crippen molar-refractivity contribution < 1.29 is 19.0 Å². The second-order valence-corrected chi connectivity index (χ2v) is 9.44. The summed E-state index contributed by atoms with van der Waals surface area (Å²) in [5.41, 5.74) is 6.85. The van der Waals surface area contributed by atoms with Crippen LogP contribution in [-0.4, -0.2) is 77.4 Å². The summed E-state index contributed by atoms with van der Waals surface area (Å²) in [4.78, 5) is 28.3. The van der Waals surface area contributed by atoms with Crippen molar-refractivity contribution in [3.05, 3.63) is 41.6 Å². The van der Waals surface area contributed by atoms with Crippen molar-refractivity contribution in [1.82, 2.24) is 19.4 Å². The van der Waals surface area contributed by atoms with Crippen LogP contribution in [0.25, 0.3) is 10.9 Å². The molecule has 2 aliphatic rings. The lowest BCUT2D eigenvalue weighted by Crippen LogP contribution is -2.45. The first-order valence-corrected chi connectivity index (χ1v) is 12.6. The Morgan fingerprint density at radius 3 is 2.78 bits per heavy atom. The molecule has 3 N–H and O–H groups in total. The standard InChI is InChI=1S/C26H33N7O4/c1-16-14-32(15-17(2)37-16)10-4-12-36-20-7-6-19-22(23(20)35-3)30-26(33-11-9-28-24(19)33)31-25(34)18-5-8-21(27)29-13-18/h5-8,13,16-17,28H,4,9-12,14-15H2,1-3H3,(H2,27,29). The fraction of sp³-hybridized carbons (Fsp3) is 0.462. The summed E-state index contributed by atoms with van der Waals surface area (Å²) >= 11 is 0. The highest BCUT2D eigenvalue weighted by Gasteiger charge is 2.23. The van der Waals surface area contributed by atoms with Gasteiger partial charge in [0.1, 0.15) is 17.2 Å². The number of hydrogen-bond donors (Lipinski definition) is 2. The molecule has 37 heavy (non-hydrogen) atoms. The summed E-state index contributed by atoms with van der Waals surface area (Å²) in [5.74, 6) is 1.85. The number of fused-ring (bicyclic) bond motifs is 3. The van der Waals surface area contributed by atoms with E-state index in [-0.39, 0.29) is 12.2 Å². The van der Waals surface area contributed by atoms with Gasteiger partial charge in [-0.15, -0.1) is 0 Å². The highest BCUT2D eigenvalue weighted by atomic mass is 16.5. The fourth-order valence-electron chi connectivity index (χ4n) is 4.97. The molecule has 2 atom stereocenters. The summed E-state index contributed by atoms with van der Waals surface area (Å²) in [6.07, 6.45) is 2.77. The summed E-state index contributed by atoms with van der Waals surface area (Å²) < 4.78 is 19.6. The Morgan fingerprint density at radius 1 is 1.24 bits per heavy atom. The minimum absolute atomic E-state index is 0.243. The predicted molar refractivity (Wildman–Crippen MR) is 140 cm³/mol. The van der Waals surface area contributed by atoms with Crippen LogP contribution in [0.5, 0.6) is 11.5 Å². The number of ether oxygens (including phenoxy) is 3. The molecule has 1 amide bonds. The number of nitrogens with zero attached hydrogens (tertiary/aromatic N) is 5. The predicted octanol–water partition coefficient (Wildman–Crippen LogP) is 2.07. The lowest BCUT2D eigenvalue weighted by molar-refractivity contribution is -0.0686. The van der Waals surface area contributed by atoms with E-state index in [1.165, 1.54) is 6.20 Å². The normalized spacial score (nSPS) is 20.0. The number of benzene rings is 1. The second kappa shape index (κ2) is 10.7. The number of morpholine rings is 1. The zero-order valence-corrected chi connectivity index (χ0v) is 21.4. The molecular weight excluding hydrogens is 474 g/mol. The van der Waals surface area contributed by atoms with Crippen molar-refractivity contribution in [3.63, 3.8) is 0 Å². The number of nitrogen functional groups attached to an aromatic ring is 1. The number of amides is 1. The van der Waals surface area contributed by atoms with Crippen LogP contribution in [-0.2, 0) is 11.3 Å². The Kier molecular flexibility index (Phi) is 7.24. The van der Waals surface area contributed by atoms with Gasteiger partial charge in [0.05, 0.1) is 31.5 Å². The number of nitrogens with one attached hydrogen (secondary N) is 1. The van der Waals surface area contributed by atoms with Crippen LogP contribution in [0.3, 0.4) is 0 Å². The highest BCUT2D eigenvalue weighted by Crippen LogP contribution is 2.37. The van der Waals surface area contributed by atoms with Crippen LogP contribution in [0.4, 0.5) is 11.6 Å². The molecule has 2 aliphatic heterocycles. The third-order valence-corrected chi connectivity index (χ3v) is 6.51. The molecule has 5 rings (SSSR count). The molecule has 0 radical (unpaired) electrons. The Hall–Kier alpha value is -3.70. The SMILES string of the molecule is COc1c(OCCCN2CC(C)OC(C)C2)ccc2c3n(c(=NC(=O)c4ccc(N)nc4)nc12)CCN3. The largest absolute Gasteiger partial charge is 0.491 e. The van der Waals surface area contributed by atoms with Gasteiger partial charge in [-0.1, -0.05) is 0 Å². The topological polar surface area (TPSA) is 129 Å². The van der Waals surface area contributed by atoms with E-state index in [1.54, 1.807) is 19.2 Å². The first-order valence-electron chi connectivity index (χ1n) is 12.6. The Balaban J connectivity index is 1.40. The van der Waals surface area contributed by atoms with E-state index < -0.39 is 5.91 Å². The van der Waals surface area contributed by atoms with E-state index in [4.69, 9.17) is 24.9 Å². The number of nitrogens with two attached hydrogens (primary N) is 1. The molecule has 0 aliphatic carbocycles. The van der Waals surface area contributed by atoms with Crippen molar-refractivity contribution in [2.45, 2.75) is 39.0 Å². The summed E-state index contributed by atoms with van der Waals surface area (Å²) in [6.45, 7) is 8.91. The maximum Gasteiger partial charge on any atom is 0.281 e. The maximum absolute atomic E-state index is 12.8. The second-order valence-electron chi connectivity index (χ2n) is 9.44. The lowest BCUT2D eigenvalue weighted by atomic mass is 10.2. The van der Waals surface area contributed by atoms with Gasteiger partial charge in [0.15, 0.2) is 11.5 Å². The van der Waals surface area contributed by atoms with E-state index in [0.29, 0.717) is 53.7 Å². The van der Waals surface area contributed by atoms with Gasteiger partial charge < -0.3 is 25.3 Å². The van der Waals surface area contributed by atoms with E-state index in [2.05, 4.69) is 34.0 Å². The van der Waals surface area contributed by atoms with Crippen molar-refractivity contribution in [2.24, 2.45) is 4.99 Å². The van der Waals surface area contributed by atoms with Gasteiger partial charge in [-0.25, -0.2) is 9.97 Å². The molecule has 0 bridgehead atoms. The molecule has 196 valence electrons. The van der Waals surface area contributed by atoms with E-state index in [0.717, 1.165) is 37.3 Å². The smallest absolute Gasteiger partial charge is 0.281 e. The molecule has 0 spiro atoms. The molecule has 0 saturated carbocycles. The van der Waals surface area contributed by atoms with Gasteiger partial charge in [-0.3, -0.25) is 14.3 Å². The van der Waals surface area contributed by atoms with Crippen LogP contribution in [0.2, 0.25) is 0 Å². The number of aromatic nitrogens is 3. The lowest BCUT2D eigenvalue weighted by Gasteiger charge is -2.35. The third kappa shape index (κ3) is 5.37. The van der Waals surface area contributed by atoms with Crippen molar-refractivity contribution >= 4 is 28.4 Å². The molecule has 4 heterocycles. The molecule has 3 aromatic rings. The maximum atomic E-state index is 12.8. The van der Waals surface area contributed by atoms with E-state index >= 15 is 0 Å². The average Bonchev–Trinajstić information content (AvgIpc) is 3.37. The van der Waals surface area contributed by atoms with Gasteiger partial charge in [0.25, 0.3) is 5.91 Å². The number of carbonyl (C=O) groups excluding carboxylic acids is 1. The molecule has 1 aromatic carbocycles. The average molecular weight is 508 g/mol. The molecule has 2 aromatic heterocycles. The Bertz CT molecular complexity index is 1350. The minimum atomic E-state index is -0.445. The first kappa shape index (κ1) is 25.0. The monoisotopic (exact) mass is 507 g/mol. The van der Waals surface area contributed by atoms with Gasteiger partial charge in [-0.05, 0) is 44.5 Å². The summed E-state index contributed by atoms with van der Waals surface area (Å²) in [5, 5.41) is 4.25. The van der Waals surface area contributed by atoms with E-state index in [1.807, 2.05) is 16.7 Å². The van der Waals surface area contributed by atoms with Crippen LogP contribution in [0.15, 0.2) is 35.5 Å². The van der Waals surface area contributed by atoms with E-state index in [9.17, 15) is 4.79 Å². The Labute approximate surface area is 215 Å². The van der Waals surface area contributed by atoms with Crippen LogP contribution >= 0.6 is 0 Å². The van der Waals surface area contributed by atoms with Gasteiger partial charge in [-0.2, -0.15) is 4.99 Å². The number of anilines is 2. The van der Waals surface area contributed by atoms with Crippen molar-refractivity contribution in [2.75, 3.05) is 50.9 Å². The number of hydrogen-bond acceptors (Lipinski definition) is 9. The number of pyridine rings is 1. The minimum Gasteiger partial charge on any atom is -0.491 e. The van der Waals surface area contributed by atoms with Crippen LogP contribution in [0.1, 0.15) is 30.6 Å². The third-order valence-electron chi connectivity index (χ3n) is 6.51. The number of methoxy groups -OCH3 is 1. The van der Waals surface area contributed by atoms with Crippen molar-refractivity contribution in [1.29, 1.82) is 0 Å². The highest BCUT2D eigenvalue weighted by molar-refractivity contribution is 5.96. The summed E-state index contributed by atoms with van der Waals surface area (Å²) in [6, 6.07) is 7.04. The Morgan fingerprint density at radius 2 is 2.05 bits per heavy atom. The molecule has 11 nitrogen and oxygen atoms in total.